The average Bonchev–Trinajstić information content (AvgIpc) is 3.18. The van der Waals surface area contributed by atoms with Crippen molar-refractivity contribution in [1.82, 2.24) is 0 Å². The number of allylic oxidation sites excluding steroid dienone is 2. The molecule has 1 aliphatic heterocycles. The molecule has 7 rings (SSSR count). The Morgan fingerprint density at radius 3 is 2.15 bits per heavy atom. The van der Waals surface area contributed by atoms with Gasteiger partial charge in [0.15, 0.2) is 0 Å². The van der Waals surface area contributed by atoms with E-state index in [0.29, 0.717) is 11.3 Å². The minimum atomic E-state index is -0.183. The van der Waals surface area contributed by atoms with Crippen LogP contribution in [-0.4, -0.2) is 11.8 Å². The molecule has 4 heteroatoms. The van der Waals surface area contributed by atoms with Crippen molar-refractivity contribution in [3.63, 3.8) is 0 Å². The zero-order valence-corrected chi connectivity index (χ0v) is 14.1. The van der Waals surface area contributed by atoms with Crippen LogP contribution in [0.3, 0.4) is 0 Å². The van der Waals surface area contributed by atoms with Crippen LogP contribution in [0.2, 0.25) is 0 Å². The Balaban J connectivity index is 1.48. The van der Waals surface area contributed by atoms with Crippen molar-refractivity contribution in [2.75, 3.05) is 4.90 Å². The monoisotopic (exact) mass is 343 g/mol. The first-order chi connectivity index (χ1) is 12.7. The van der Waals surface area contributed by atoms with Crippen molar-refractivity contribution in [2.24, 2.45) is 23.7 Å². The van der Waals surface area contributed by atoms with E-state index in [9.17, 15) is 9.59 Å². The normalized spacial score (nSPS) is 29.9. The minimum Gasteiger partial charge on any atom is -0.456 e. The van der Waals surface area contributed by atoms with E-state index in [4.69, 9.17) is 4.42 Å². The number of rotatable bonds is 1. The molecule has 1 saturated carbocycles. The summed E-state index contributed by atoms with van der Waals surface area (Å²) in [6.07, 6.45) is 6.31. The molecule has 3 aromatic rings. The first-order valence-corrected chi connectivity index (χ1v) is 9.20. The molecule has 2 fully saturated rings. The highest BCUT2D eigenvalue weighted by atomic mass is 16.3. The Hall–Kier alpha value is -2.88. The lowest BCUT2D eigenvalue weighted by Crippen LogP contribution is -2.38. The van der Waals surface area contributed by atoms with Gasteiger partial charge in [0, 0.05) is 16.8 Å². The number of hydrogen-bond donors (Lipinski definition) is 0. The fourth-order valence-corrected chi connectivity index (χ4v) is 5.18. The van der Waals surface area contributed by atoms with Crippen LogP contribution < -0.4 is 4.90 Å². The predicted octanol–water partition coefficient (Wildman–Crippen LogP) is 4.29. The Morgan fingerprint density at radius 1 is 0.808 bits per heavy atom. The van der Waals surface area contributed by atoms with E-state index in [1.807, 2.05) is 42.5 Å². The largest absolute Gasteiger partial charge is 0.456 e. The highest BCUT2D eigenvalue weighted by molar-refractivity contribution is 6.23. The zero-order valence-electron chi connectivity index (χ0n) is 14.1. The number of carbonyl (C=O) groups excluding carboxylic acids is 2. The van der Waals surface area contributed by atoms with Crippen molar-refractivity contribution >= 4 is 39.4 Å². The van der Waals surface area contributed by atoms with Crippen molar-refractivity contribution < 1.29 is 14.0 Å². The average molecular weight is 343 g/mol. The van der Waals surface area contributed by atoms with Gasteiger partial charge in [0.05, 0.1) is 17.5 Å². The summed E-state index contributed by atoms with van der Waals surface area (Å²) in [4.78, 5) is 27.6. The van der Waals surface area contributed by atoms with Crippen molar-refractivity contribution in [3.05, 3.63) is 54.6 Å². The number of carbonyl (C=O) groups is 2. The fourth-order valence-electron chi connectivity index (χ4n) is 5.18. The summed E-state index contributed by atoms with van der Waals surface area (Å²) in [6, 6.07) is 13.5. The van der Waals surface area contributed by atoms with Crippen LogP contribution in [0.5, 0.6) is 0 Å². The molecule has 0 spiro atoms. The molecule has 0 radical (unpaired) electrons. The smallest absolute Gasteiger partial charge is 0.238 e. The summed E-state index contributed by atoms with van der Waals surface area (Å²) in [5.74, 6) is -0.0398. The number of fused-ring (bicyclic) bond motifs is 4. The van der Waals surface area contributed by atoms with Gasteiger partial charge in [-0.15, -0.1) is 0 Å². The molecule has 2 amide bonds. The number of imide groups is 1. The molecule has 0 unspecified atom stereocenters. The molecule has 4 nitrogen and oxygen atoms in total. The van der Waals surface area contributed by atoms with Gasteiger partial charge in [0.1, 0.15) is 11.2 Å². The summed E-state index contributed by atoms with van der Waals surface area (Å²) in [7, 11) is 0. The second-order valence-corrected chi connectivity index (χ2v) is 7.63. The summed E-state index contributed by atoms with van der Waals surface area (Å²) in [5.41, 5.74) is 2.15. The molecule has 4 aliphatic rings. The van der Waals surface area contributed by atoms with Gasteiger partial charge in [-0.2, -0.15) is 0 Å². The highest BCUT2D eigenvalue weighted by Gasteiger charge is 2.56. The van der Waals surface area contributed by atoms with E-state index in [-0.39, 0.29) is 35.5 Å². The molecule has 2 bridgehead atoms. The SMILES string of the molecule is O=C1[C@@H]2[C@H](C(=O)N1c1ccc3c(c1)oc1ccccc13)[C@@H]1C=C[C@H]2CC1. The minimum absolute atomic E-state index is 0.0467. The van der Waals surface area contributed by atoms with E-state index < -0.39 is 0 Å². The number of hydrogen-bond acceptors (Lipinski definition) is 3. The Morgan fingerprint density at radius 2 is 1.46 bits per heavy atom. The van der Waals surface area contributed by atoms with Crippen molar-refractivity contribution in [3.8, 4) is 0 Å². The molecular weight excluding hydrogens is 326 g/mol. The molecule has 4 atom stereocenters. The summed E-state index contributed by atoms with van der Waals surface area (Å²) in [6.45, 7) is 0. The zero-order chi connectivity index (χ0) is 17.4. The third-order valence-corrected chi connectivity index (χ3v) is 6.38. The highest BCUT2D eigenvalue weighted by Crippen LogP contribution is 2.50. The number of benzene rings is 2. The van der Waals surface area contributed by atoms with Gasteiger partial charge < -0.3 is 4.42 Å². The molecule has 2 heterocycles. The first kappa shape index (κ1) is 14.3. The van der Waals surface area contributed by atoms with Crippen LogP contribution in [-0.2, 0) is 9.59 Å². The molecule has 128 valence electrons. The first-order valence-electron chi connectivity index (χ1n) is 9.20. The van der Waals surface area contributed by atoms with Crippen LogP contribution in [0.4, 0.5) is 5.69 Å². The number of furan rings is 1. The van der Waals surface area contributed by atoms with Crippen LogP contribution in [0.15, 0.2) is 59.0 Å². The van der Waals surface area contributed by atoms with Crippen LogP contribution >= 0.6 is 0 Å². The number of para-hydroxylation sites is 1. The van der Waals surface area contributed by atoms with E-state index in [0.717, 1.165) is 29.2 Å². The summed E-state index contributed by atoms with van der Waals surface area (Å²) < 4.78 is 5.93. The van der Waals surface area contributed by atoms with Crippen molar-refractivity contribution in [2.45, 2.75) is 12.8 Å². The third-order valence-electron chi connectivity index (χ3n) is 6.38. The van der Waals surface area contributed by atoms with Gasteiger partial charge in [0.2, 0.25) is 11.8 Å². The molecule has 26 heavy (non-hydrogen) atoms. The van der Waals surface area contributed by atoms with E-state index in [1.54, 1.807) is 0 Å². The lowest BCUT2D eigenvalue weighted by molar-refractivity contribution is -0.124. The lowest BCUT2D eigenvalue weighted by atomic mass is 9.63. The van der Waals surface area contributed by atoms with Gasteiger partial charge in [0.25, 0.3) is 0 Å². The van der Waals surface area contributed by atoms with Gasteiger partial charge in [-0.05, 0) is 42.9 Å². The molecule has 3 aliphatic carbocycles. The van der Waals surface area contributed by atoms with Gasteiger partial charge in [-0.3, -0.25) is 9.59 Å². The van der Waals surface area contributed by atoms with Crippen molar-refractivity contribution in [1.29, 1.82) is 0 Å². The number of amides is 2. The van der Waals surface area contributed by atoms with Crippen LogP contribution in [0.25, 0.3) is 21.9 Å². The second kappa shape index (κ2) is 4.85. The maximum absolute atomic E-state index is 13.1. The molecule has 1 saturated heterocycles. The van der Waals surface area contributed by atoms with Gasteiger partial charge >= 0.3 is 0 Å². The van der Waals surface area contributed by atoms with Crippen LogP contribution in [0, 0.1) is 23.7 Å². The lowest BCUT2D eigenvalue weighted by Gasteiger charge is -2.38. The Kier molecular flexibility index (Phi) is 2.67. The molecule has 1 aromatic heterocycles. The maximum atomic E-state index is 13.1. The summed E-state index contributed by atoms with van der Waals surface area (Å²) >= 11 is 0. The second-order valence-electron chi connectivity index (χ2n) is 7.63. The van der Waals surface area contributed by atoms with E-state index >= 15 is 0 Å². The standard InChI is InChI=1S/C22H17NO3/c24-21-19-12-5-6-13(8-7-12)20(19)22(25)23(21)14-9-10-16-15-3-1-2-4-17(15)26-18(16)11-14/h1-6,9-13,19-20H,7-8H2/t12-,13+,19-,20+. The van der Waals surface area contributed by atoms with Gasteiger partial charge in [-0.1, -0.05) is 30.4 Å². The quantitative estimate of drug-likeness (QED) is 0.489. The van der Waals surface area contributed by atoms with Gasteiger partial charge in [-0.25, -0.2) is 4.90 Å². The van der Waals surface area contributed by atoms with E-state index in [2.05, 4.69) is 12.2 Å². The van der Waals surface area contributed by atoms with E-state index in [1.165, 1.54) is 4.90 Å². The topological polar surface area (TPSA) is 50.5 Å². The summed E-state index contributed by atoms with van der Waals surface area (Å²) in [5, 5.41) is 2.05. The van der Waals surface area contributed by atoms with Crippen LogP contribution in [0.1, 0.15) is 12.8 Å². The Bertz CT molecular complexity index is 1090. The fraction of sp³-hybridized carbons (Fsp3) is 0.273. The molecule has 0 N–H and O–H groups in total. The molecule has 2 aromatic carbocycles. The maximum Gasteiger partial charge on any atom is 0.238 e. The third kappa shape index (κ3) is 1.69. The number of anilines is 1. The number of nitrogens with zero attached hydrogens (tertiary/aromatic N) is 1. The Labute approximate surface area is 150 Å². The predicted molar refractivity (Wildman–Crippen MR) is 98.5 cm³/mol. The molecular formula is C22H17NO3.